The van der Waals surface area contributed by atoms with Crippen LogP contribution in [0.15, 0.2) is 0 Å². The summed E-state index contributed by atoms with van der Waals surface area (Å²) in [5.41, 5.74) is 0. The fraction of sp³-hybridized carbons (Fsp3) is 1.00. The topological polar surface area (TPSA) is 56.2 Å². The van der Waals surface area contributed by atoms with Gasteiger partial charge in [0.05, 0.1) is 0 Å². The van der Waals surface area contributed by atoms with Gasteiger partial charge in [0.15, 0.2) is 12.6 Å². The van der Waals surface area contributed by atoms with Crippen LogP contribution < -0.4 is 0 Å². The quantitative estimate of drug-likeness (QED) is 0.542. The summed E-state index contributed by atoms with van der Waals surface area (Å²) in [6.45, 7) is 1.48. The molecule has 0 bridgehead atoms. The Balaban J connectivity index is 3.52. The van der Waals surface area contributed by atoms with E-state index in [1.165, 1.54) is 0 Å². The van der Waals surface area contributed by atoms with E-state index in [2.05, 4.69) is 0 Å². The van der Waals surface area contributed by atoms with Crippen LogP contribution in [0, 0.1) is 0 Å². The van der Waals surface area contributed by atoms with Gasteiger partial charge in [-0.2, -0.15) is 0 Å². The van der Waals surface area contributed by atoms with Gasteiger partial charge in [0.2, 0.25) is 0 Å². The van der Waals surface area contributed by atoms with Gasteiger partial charge in [0, 0.05) is 25.9 Å². The van der Waals surface area contributed by atoms with Crippen LogP contribution in [0.2, 0.25) is 0 Å². The molecule has 92 valence electrons. The lowest BCUT2D eigenvalue weighted by Gasteiger charge is -2.20. The lowest BCUT2D eigenvalue weighted by Crippen LogP contribution is -2.28. The number of aliphatic hydroxyl groups is 2. The number of hydrogen-bond acceptors (Lipinski definition) is 5. The first-order valence-corrected chi connectivity index (χ1v) is 5.23. The predicted molar refractivity (Wildman–Crippen MR) is 59.4 cm³/mol. The fourth-order valence-corrected chi connectivity index (χ4v) is 1.05. The van der Waals surface area contributed by atoms with Crippen molar-refractivity contribution in [2.24, 2.45) is 0 Å². The predicted octanol–water partition coefficient (Wildman–Crippen LogP) is -0.457. The molecule has 5 heteroatoms. The van der Waals surface area contributed by atoms with Crippen LogP contribution >= 0.6 is 0 Å². The molecule has 2 unspecified atom stereocenters. The van der Waals surface area contributed by atoms with Crippen molar-refractivity contribution < 1.29 is 14.9 Å². The van der Waals surface area contributed by atoms with E-state index in [1.807, 2.05) is 38.0 Å². The first-order chi connectivity index (χ1) is 6.91. The molecule has 0 heterocycles. The molecule has 0 aromatic rings. The Hall–Kier alpha value is -0.200. The summed E-state index contributed by atoms with van der Waals surface area (Å²) < 4.78 is 5.01. The van der Waals surface area contributed by atoms with Gasteiger partial charge in [-0.15, -0.1) is 0 Å². The number of rotatable bonds is 8. The van der Waals surface area contributed by atoms with E-state index >= 15 is 0 Å². The van der Waals surface area contributed by atoms with Crippen molar-refractivity contribution in [3.05, 3.63) is 0 Å². The lowest BCUT2D eigenvalue weighted by atomic mass is 10.3. The van der Waals surface area contributed by atoms with Crippen molar-refractivity contribution in [2.75, 3.05) is 41.3 Å². The first kappa shape index (κ1) is 14.8. The molecular formula is C10H24N2O3. The van der Waals surface area contributed by atoms with E-state index in [9.17, 15) is 10.2 Å². The van der Waals surface area contributed by atoms with Crippen molar-refractivity contribution in [1.82, 2.24) is 9.80 Å². The summed E-state index contributed by atoms with van der Waals surface area (Å²) in [7, 11) is 7.70. The minimum absolute atomic E-state index is 0.506. The SMILES string of the molecule is CN(C)CCC(O)OC(O)CCN(C)C. The van der Waals surface area contributed by atoms with Gasteiger partial charge in [0.25, 0.3) is 0 Å². The zero-order chi connectivity index (χ0) is 11.8. The zero-order valence-electron chi connectivity index (χ0n) is 10.2. The van der Waals surface area contributed by atoms with Crippen molar-refractivity contribution in [2.45, 2.75) is 25.4 Å². The van der Waals surface area contributed by atoms with Crippen LogP contribution in [0.5, 0.6) is 0 Å². The van der Waals surface area contributed by atoms with Gasteiger partial charge in [-0.3, -0.25) is 0 Å². The standard InChI is InChI=1S/C10H24N2O3/c1-11(2)7-5-9(13)15-10(14)6-8-12(3)4/h9-10,13-14H,5-8H2,1-4H3. The molecule has 0 spiro atoms. The molecule has 0 aliphatic carbocycles. The summed E-state index contributed by atoms with van der Waals surface area (Å²) in [5.74, 6) is 0. The minimum Gasteiger partial charge on any atom is -0.368 e. The van der Waals surface area contributed by atoms with Crippen molar-refractivity contribution in [3.8, 4) is 0 Å². The molecule has 0 aromatic heterocycles. The van der Waals surface area contributed by atoms with Crippen molar-refractivity contribution in [1.29, 1.82) is 0 Å². The molecule has 0 aliphatic heterocycles. The first-order valence-electron chi connectivity index (χ1n) is 5.23. The largest absolute Gasteiger partial charge is 0.368 e. The average Bonchev–Trinajstić information content (AvgIpc) is 2.11. The fourth-order valence-electron chi connectivity index (χ4n) is 1.05. The molecule has 0 aliphatic rings. The molecule has 0 fully saturated rings. The second-order valence-electron chi connectivity index (χ2n) is 4.23. The Kier molecular flexibility index (Phi) is 7.90. The molecule has 15 heavy (non-hydrogen) atoms. The Morgan fingerprint density at radius 1 is 0.867 bits per heavy atom. The molecular weight excluding hydrogens is 196 g/mol. The zero-order valence-corrected chi connectivity index (χ0v) is 10.2. The second-order valence-corrected chi connectivity index (χ2v) is 4.23. The Labute approximate surface area is 92.2 Å². The average molecular weight is 220 g/mol. The molecule has 0 radical (unpaired) electrons. The molecule has 0 amide bonds. The normalized spacial score (nSPS) is 16.0. The Morgan fingerprint density at radius 2 is 1.20 bits per heavy atom. The van der Waals surface area contributed by atoms with E-state index in [0.29, 0.717) is 12.8 Å². The van der Waals surface area contributed by atoms with Crippen LogP contribution in [0.25, 0.3) is 0 Å². The van der Waals surface area contributed by atoms with Gasteiger partial charge in [-0.1, -0.05) is 0 Å². The molecule has 0 rings (SSSR count). The highest BCUT2D eigenvalue weighted by atomic mass is 16.7. The van der Waals surface area contributed by atoms with Gasteiger partial charge in [-0.05, 0) is 28.2 Å². The Bertz CT molecular complexity index is 138. The maximum Gasteiger partial charge on any atom is 0.158 e. The summed E-state index contributed by atoms with van der Waals surface area (Å²) in [5, 5.41) is 18.8. The number of ether oxygens (including phenoxy) is 1. The minimum atomic E-state index is -0.885. The van der Waals surface area contributed by atoms with Crippen LogP contribution in [-0.2, 0) is 4.74 Å². The Morgan fingerprint density at radius 3 is 1.47 bits per heavy atom. The van der Waals surface area contributed by atoms with E-state index in [0.717, 1.165) is 13.1 Å². The van der Waals surface area contributed by atoms with E-state index in [1.54, 1.807) is 0 Å². The number of aliphatic hydroxyl groups excluding tert-OH is 2. The summed E-state index contributed by atoms with van der Waals surface area (Å²) in [6, 6.07) is 0. The third-order valence-corrected chi connectivity index (χ3v) is 1.96. The monoisotopic (exact) mass is 220 g/mol. The molecule has 2 atom stereocenters. The van der Waals surface area contributed by atoms with Crippen LogP contribution in [0.3, 0.4) is 0 Å². The van der Waals surface area contributed by atoms with E-state index in [-0.39, 0.29) is 0 Å². The lowest BCUT2D eigenvalue weighted by molar-refractivity contribution is -0.212. The number of hydrogen-bond donors (Lipinski definition) is 2. The van der Waals surface area contributed by atoms with Gasteiger partial charge < -0.3 is 24.7 Å². The van der Waals surface area contributed by atoms with Crippen molar-refractivity contribution in [3.63, 3.8) is 0 Å². The number of nitrogens with zero attached hydrogens (tertiary/aromatic N) is 2. The van der Waals surface area contributed by atoms with Crippen LogP contribution in [0.1, 0.15) is 12.8 Å². The third kappa shape index (κ3) is 10.1. The highest BCUT2D eigenvalue weighted by Crippen LogP contribution is 2.02. The molecule has 0 saturated carbocycles. The van der Waals surface area contributed by atoms with Gasteiger partial charge >= 0.3 is 0 Å². The van der Waals surface area contributed by atoms with Gasteiger partial charge in [0.1, 0.15) is 0 Å². The summed E-state index contributed by atoms with van der Waals surface area (Å²) in [4.78, 5) is 3.91. The van der Waals surface area contributed by atoms with E-state index in [4.69, 9.17) is 4.74 Å². The maximum atomic E-state index is 9.41. The highest BCUT2D eigenvalue weighted by Gasteiger charge is 2.11. The summed E-state index contributed by atoms with van der Waals surface area (Å²) in [6.07, 6.45) is -0.757. The molecule has 2 N–H and O–H groups in total. The molecule has 0 saturated heterocycles. The van der Waals surface area contributed by atoms with Crippen molar-refractivity contribution >= 4 is 0 Å². The highest BCUT2D eigenvalue weighted by molar-refractivity contribution is 4.51. The van der Waals surface area contributed by atoms with E-state index < -0.39 is 12.6 Å². The second kappa shape index (κ2) is 8.01. The summed E-state index contributed by atoms with van der Waals surface area (Å²) >= 11 is 0. The maximum absolute atomic E-state index is 9.41. The molecule has 5 nitrogen and oxygen atoms in total. The van der Waals surface area contributed by atoms with Gasteiger partial charge in [-0.25, -0.2) is 0 Å². The molecule has 0 aromatic carbocycles. The smallest absolute Gasteiger partial charge is 0.158 e. The third-order valence-electron chi connectivity index (χ3n) is 1.96. The van der Waals surface area contributed by atoms with Crippen LogP contribution in [-0.4, -0.2) is 73.9 Å². The van der Waals surface area contributed by atoms with Crippen LogP contribution in [0.4, 0.5) is 0 Å².